The molecule has 1 atom stereocenters. The van der Waals surface area contributed by atoms with Crippen LogP contribution in [0.3, 0.4) is 0 Å². The summed E-state index contributed by atoms with van der Waals surface area (Å²) in [5.41, 5.74) is 2.08. The van der Waals surface area contributed by atoms with Crippen LogP contribution in [0.25, 0.3) is 0 Å². The summed E-state index contributed by atoms with van der Waals surface area (Å²) in [6.45, 7) is 5.32. The number of amides is 1. The van der Waals surface area contributed by atoms with Crippen molar-refractivity contribution < 1.29 is 4.79 Å². The van der Waals surface area contributed by atoms with E-state index in [1.807, 2.05) is 60.5 Å². The number of carbonyl (C=O) groups is 1. The SMILES string of the molecule is CCC(C)N(C)CC(=O)N(Cc1ccccc1)c1ccccc1. The van der Waals surface area contributed by atoms with Gasteiger partial charge in [0.25, 0.3) is 0 Å². The molecule has 2 rings (SSSR count). The molecule has 23 heavy (non-hydrogen) atoms. The molecule has 0 N–H and O–H groups in total. The number of hydrogen-bond donors (Lipinski definition) is 0. The van der Waals surface area contributed by atoms with Gasteiger partial charge in [-0.05, 0) is 38.1 Å². The standard InChI is InChI=1S/C20H26N2O/c1-4-17(2)21(3)16-20(23)22(19-13-9-6-10-14-19)15-18-11-7-5-8-12-18/h5-14,17H,4,15-16H2,1-3H3. The van der Waals surface area contributed by atoms with Crippen molar-refractivity contribution in [3.63, 3.8) is 0 Å². The van der Waals surface area contributed by atoms with E-state index >= 15 is 0 Å². The summed E-state index contributed by atoms with van der Waals surface area (Å²) in [5.74, 6) is 0.128. The lowest BCUT2D eigenvalue weighted by Crippen LogP contribution is -2.41. The molecule has 0 aliphatic carbocycles. The Kier molecular flexibility index (Phi) is 6.36. The van der Waals surface area contributed by atoms with Crippen molar-refractivity contribution in [2.45, 2.75) is 32.9 Å². The second kappa shape index (κ2) is 8.49. The van der Waals surface area contributed by atoms with Crippen LogP contribution in [-0.4, -0.2) is 30.4 Å². The van der Waals surface area contributed by atoms with Gasteiger partial charge in [0.2, 0.25) is 5.91 Å². The largest absolute Gasteiger partial charge is 0.307 e. The molecule has 0 fully saturated rings. The quantitative estimate of drug-likeness (QED) is 0.773. The smallest absolute Gasteiger partial charge is 0.241 e. The van der Waals surface area contributed by atoms with Crippen LogP contribution >= 0.6 is 0 Å². The monoisotopic (exact) mass is 310 g/mol. The molecule has 0 aliphatic heterocycles. The van der Waals surface area contributed by atoms with Crippen LogP contribution in [-0.2, 0) is 11.3 Å². The molecule has 0 heterocycles. The molecule has 2 aromatic carbocycles. The molecule has 0 aromatic heterocycles. The lowest BCUT2D eigenvalue weighted by atomic mass is 10.2. The van der Waals surface area contributed by atoms with Gasteiger partial charge in [-0.25, -0.2) is 0 Å². The molecule has 0 saturated carbocycles. The minimum absolute atomic E-state index is 0.128. The Bertz CT molecular complexity index is 598. The molecular formula is C20H26N2O. The minimum Gasteiger partial charge on any atom is -0.307 e. The van der Waals surface area contributed by atoms with E-state index in [0.717, 1.165) is 17.7 Å². The van der Waals surface area contributed by atoms with Gasteiger partial charge in [-0.1, -0.05) is 55.5 Å². The zero-order valence-electron chi connectivity index (χ0n) is 14.3. The highest BCUT2D eigenvalue weighted by atomic mass is 16.2. The van der Waals surface area contributed by atoms with Crippen molar-refractivity contribution in [3.05, 3.63) is 66.2 Å². The van der Waals surface area contributed by atoms with Crippen molar-refractivity contribution in [2.24, 2.45) is 0 Å². The number of anilines is 1. The predicted molar refractivity (Wildman–Crippen MR) is 96.5 cm³/mol. The lowest BCUT2D eigenvalue weighted by molar-refractivity contribution is -0.120. The summed E-state index contributed by atoms with van der Waals surface area (Å²) >= 11 is 0. The summed E-state index contributed by atoms with van der Waals surface area (Å²) in [6.07, 6.45) is 1.04. The molecule has 1 unspecified atom stereocenters. The molecular weight excluding hydrogens is 284 g/mol. The van der Waals surface area contributed by atoms with Gasteiger partial charge < -0.3 is 4.90 Å². The average molecular weight is 310 g/mol. The fourth-order valence-electron chi connectivity index (χ4n) is 2.46. The molecule has 122 valence electrons. The van der Waals surface area contributed by atoms with Gasteiger partial charge in [0, 0.05) is 11.7 Å². The third-order valence-electron chi connectivity index (χ3n) is 4.28. The number of para-hydroxylation sites is 1. The van der Waals surface area contributed by atoms with Gasteiger partial charge in [-0.15, -0.1) is 0 Å². The molecule has 3 nitrogen and oxygen atoms in total. The number of carbonyl (C=O) groups excluding carboxylic acids is 1. The molecule has 2 aromatic rings. The molecule has 0 aliphatic rings. The maximum atomic E-state index is 12.9. The van der Waals surface area contributed by atoms with Crippen LogP contribution in [0.15, 0.2) is 60.7 Å². The van der Waals surface area contributed by atoms with E-state index in [1.54, 1.807) is 0 Å². The Morgan fingerprint density at radius 2 is 1.57 bits per heavy atom. The maximum absolute atomic E-state index is 12.9. The Labute approximate surface area is 139 Å². The maximum Gasteiger partial charge on any atom is 0.241 e. The minimum atomic E-state index is 0.128. The number of likely N-dealkylation sites (N-methyl/N-ethyl adjacent to an activating group) is 1. The highest BCUT2D eigenvalue weighted by Crippen LogP contribution is 2.17. The Morgan fingerprint density at radius 1 is 1.00 bits per heavy atom. The van der Waals surface area contributed by atoms with Crippen LogP contribution < -0.4 is 4.90 Å². The van der Waals surface area contributed by atoms with Crippen molar-refractivity contribution in [2.75, 3.05) is 18.5 Å². The summed E-state index contributed by atoms with van der Waals surface area (Å²) in [5, 5.41) is 0. The third-order valence-corrected chi connectivity index (χ3v) is 4.28. The fraction of sp³-hybridized carbons (Fsp3) is 0.350. The van der Waals surface area contributed by atoms with Gasteiger partial charge in [-0.2, -0.15) is 0 Å². The van der Waals surface area contributed by atoms with Crippen molar-refractivity contribution in [1.82, 2.24) is 4.90 Å². The lowest BCUT2D eigenvalue weighted by Gasteiger charge is -2.28. The third kappa shape index (κ3) is 4.93. The van der Waals surface area contributed by atoms with E-state index in [9.17, 15) is 4.79 Å². The molecule has 0 radical (unpaired) electrons. The van der Waals surface area contributed by atoms with E-state index < -0.39 is 0 Å². The number of rotatable bonds is 7. The number of nitrogens with zero attached hydrogens (tertiary/aromatic N) is 2. The van der Waals surface area contributed by atoms with Gasteiger partial charge in [0.05, 0.1) is 13.1 Å². The van der Waals surface area contributed by atoms with Crippen LogP contribution in [0.5, 0.6) is 0 Å². The van der Waals surface area contributed by atoms with E-state index in [4.69, 9.17) is 0 Å². The van der Waals surface area contributed by atoms with Gasteiger partial charge >= 0.3 is 0 Å². The molecule has 0 saturated heterocycles. The second-order valence-electron chi connectivity index (χ2n) is 5.97. The average Bonchev–Trinajstić information content (AvgIpc) is 2.60. The first-order valence-electron chi connectivity index (χ1n) is 8.21. The van der Waals surface area contributed by atoms with Crippen LogP contribution in [0.4, 0.5) is 5.69 Å². The molecule has 1 amide bonds. The van der Waals surface area contributed by atoms with E-state index in [-0.39, 0.29) is 5.91 Å². The summed E-state index contributed by atoms with van der Waals surface area (Å²) in [6, 6.07) is 20.4. The van der Waals surface area contributed by atoms with E-state index in [1.165, 1.54) is 0 Å². The molecule has 0 bridgehead atoms. The van der Waals surface area contributed by atoms with Gasteiger partial charge in [0.1, 0.15) is 0 Å². The predicted octanol–water partition coefficient (Wildman–Crippen LogP) is 3.95. The van der Waals surface area contributed by atoms with Gasteiger partial charge in [0.15, 0.2) is 0 Å². The van der Waals surface area contributed by atoms with Crippen molar-refractivity contribution in [1.29, 1.82) is 0 Å². The van der Waals surface area contributed by atoms with Crippen LogP contribution in [0, 0.1) is 0 Å². The second-order valence-corrected chi connectivity index (χ2v) is 5.97. The summed E-state index contributed by atoms with van der Waals surface area (Å²) < 4.78 is 0. The number of benzene rings is 2. The summed E-state index contributed by atoms with van der Waals surface area (Å²) in [4.78, 5) is 16.8. The summed E-state index contributed by atoms with van der Waals surface area (Å²) in [7, 11) is 2.01. The highest BCUT2D eigenvalue weighted by molar-refractivity contribution is 5.94. The van der Waals surface area contributed by atoms with Crippen molar-refractivity contribution >= 4 is 11.6 Å². The van der Waals surface area contributed by atoms with Gasteiger partial charge in [-0.3, -0.25) is 9.69 Å². The number of hydrogen-bond acceptors (Lipinski definition) is 2. The van der Waals surface area contributed by atoms with Crippen LogP contribution in [0.2, 0.25) is 0 Å². The van der Waals surface area contributed by atoms with E-state index in [2.05, 4.69) is 30.9 Å². The Balaban J connectivity index is 2.18. The topological polar surface area (TPSA) is 23.6 Å². The normalized spacial score (nSPS) is 12.2. The first kappa shape index (κ1) is 17.2. The fourth-order valence-corrected chi connectivity index (χ4v) is 2.46. The molecule has 0 spiro atoms. The Hall–Kier alpha value is -2.13. The molecule has 3 heteroatoms. The van der Waals surface area contributed by atoms with Crippen molar-refractivity contribution in [3.8, 4) is 0 Å². The van der Waals surface area contributed by atoms with Crippen LogP contribution in [0.1, 0.15) is 25.8 Å². The first-order chi connectivity index (χ1) is 11.1. The van der Waals surface area contributed by atoms with E-state index in [0.29, 0.717) is 19.1 Å². The highest BCUT2D eigenvalue weighted by Gasteiger charge is 2.19. The Morgan fingerprint density at radius 3 is 2.13 bits per heavy atom. The zero-order chi connectivity index (χ0) is 16.7. The zero-order valence-corrected chi connectivity index (χ0v) is 14.3. The first-order valence-corrected chi connectivity index (χ1v) is 8.21.